The first-order valence-corrected chi connectivity index (χ1v) is 5.03. The van der Waals surface area contributed by atoms with Gasteiger partial charge in [0.05, 0.1) is 6.61 Å². The molecule has 12 heavy (non-hydrogen) atoms. The van der Waals surface area contributed by atoms with Crippen LogP contribution < -0.4 is 0 Å². The van der Waals surface area contributed by atoms with Gasteiger partial charge in [0, 0.05) is 12.4 Å². The van der Waals surface area contributed by atoms with E-state index in [9.17, 15) is 0 Å². The van der Waals surface area contributed by atoms with E-state index in [1.54, 1.807) is 0 Å². The topological polar surface area (TPSA) is 9.23 Å². The van der Waals surface area contributed by atoms with Crippen LogP contribution in [-0.4, -0.2) is 19.0 Å². The third-order valence-corrected chi connectivity index (χ3v) is 1.69. The summed E-state index contributed by atoms with van der Waals surface area (Å²) in [5.41, 5.74) is 0.382. The Balaban J connectivity index is 3.17. The number of ether oxygens (including phenoxy) is 1. The van der Waals surface area contributed by atoms with Gasteiger partial charge in [-0.1, -0.05) is 32.9 Å². The van der Waals surface area contributed by atoms with Gasteiger partial charge in [0.25, 0.3) is 0 Å². The van der Waals surface area contributed by atoms with E-state index >= 15 is 0 Å². The highest BCUT2D eigenvalue weighted by Crippen LogP contribution is 2.17. The molecule has 0 aliphatic heterocycles. The summed E-state index contributed by atoms with van der Waals surface area (Å²) < 4.78 is 5.39. The lowest BCUT2D eigenvalue weighted by Crippen LogP contribution is -2.09. The largest absolute Gasteiger partial charge is 0.377 e. The first kappa shape index (κ1) is 12.0. The minimum Gasteiger partial charge on any atom is -0.377 e. The van der Waals surface area contributed by atoms with Gasteiger partial charge in [0.1, 0.15) is 0 Å². The van der Waals surface area contributed by atoms with Crippen molar-refractivity contribution in [2.24, 2.45) is 5.41 Å². The summed E-state index contributed by atoms with van der Waals surface area (Å²) in [5.74, 6) is 0.794. The fourth-order valence-corrected chi connectivity index (χ4v) is 0.821. The molecule has 0 amide bonds. The molecule has 0 heterocycles. The van der Waals surface area contributed by atoms with Crippen LogP contribution in [0.15, 0.2) is 12.2 Å². The lowest BCUT2D eigenvalue weighted by atomic mass is 9.93. The zero-order chi connectivity index (χ0) is 9.45. The van der Waals surface area contributed by atoms with Gasteiger partial charge in [-0.15, -0.1) is 0 Å². The predicted octanol–water partition coefficient (Wildman–Crippen LogP) is 2.93. The van der Waals surface area contributed by atoms with Crippen LogP contribution in [0.25, 0.3) is 0 Å². The first-order valence-electron chi connectivity index (χ1n) is 4.40. The molecule has 0 fully saturated rings. The van der Waals surface area contributed by atoms with E-state index in [4.69, 9.17) is 4.74 Å². The van der Waals surface area contributed by atoms with E-state index in [1.807, 2.05) is 12.2 Å². The van der Waals surface area contributed by atoms with Crippen LogP contribution in [0.1, 0.15) is 27.2 Å². The van der Waals surface area contributed by atoms with Crippen molar-refractivity contribution in [2.45, 2.75) is 27.2 Å². The summed E-state index contributed by atoms with van der Waals surface area (Å²) in [6.07, 6.45) is 5.12. The van der Waals surface area contributed by atoms with Crippen LogP contribution in [0.2, 0.25) is 0 Å². The molecule has 0 aliphatic rings. The van der Waals surface area contributed by atoms with Gasteiger partial charge in [0.15, 0.2) is 0 Å². The van der Waals surface area contributed by atoms with Crippen LogP contribution in [0, 0.1) is 5.41 Å². The maximum absolute atomic E-state index is 5.39. The third kappa shape index (κ3) is 10.0. The minimum absolute atomic E-state index is 0.382. The van der Waals surface area contributed by atoms with Crippen molar-refractivity contribution in [1.29, 1.82) is 0 Å². The molecule has 0 N–H and O–H groups in total. The van der Waals surface area contributed by atoms with Gasteiger partial charge in [0.2, 0.25) is 0 Å². The summed E-state index contributed by atoms with van der Waals surface area (Å²) >= 11 is 4.05. The van der Waals surface area contributed by atoms with E-state index in [1.165, 1.54) is 0 Å². The molecule has 0 bridgehead atoms. The maximum Gasteiger partial charge on any atom is 0.0647 e. The number of rotatable bonds is 5. The SMILES string of the molecule is CC(C)(C)CCOCC=CCS. The van der Waals surface area contributed by atoms with E-state index < -0.39 is 0 Å². The number of thiol groups is 1. The highest BCUT2D eigenvalue weighted by molar-refractivity contribution is 7.80. The van der Waals surface area contributed by atoms with Crippen molar-refractivity contribution in [3.63, 3.8) is 0 Å². The summed E-state index contributed by atoms with van der Waals surface area (Å²) in [6, 6.07) is 0. The molecule has 0 aromatic rings. The molecular formula is C10H20OS. The molecule has 0 aromatic heterocycles. The average molecular weight is 188 g/mol. The van der Waals surface area contributed by atoms with Gasteiger partial charge < -0.3 is 4.74 Å². The van der Waals surface area contributed by atoms with Crippen LogP contribution in [0.4, 0.5) is 0 Å². The number of hydrogen-bond donors (Lipinski definition) is 1. The fourth-order valence-electron chi connectivity index (χ4n) is 0.672. The Hall–Kier alpha value is 0.0500. The second kappa shape index (κ2) is 6.55. The van der Waals surface area contributed by atoms with Crippen molar-refractivity contribution < 1.29 is 4.74 Å². The lowest BCUT2D eigenvalue weighted by Gasteiger charge is -2.17. The van der Waals surface area contributed by atoms with Crippen molar-refractivity contribution in [3.05, 3.63) is 12.2 Å². The molecule has 0 rings (SSSR count). The summed E-state index contributed by atoms with van der Waals surface area (Å²) in [6.45, 7) is 8.23. The normalized spacial score (nSPS) is 12.7. The van der Waals surface area contributed by atoms with Crippen LogP contribution in [0.3, 0.4) is 0 Å². The highest BCUT2D eigenvalue weighted by Gasteiger charge is 2.08. The average Bonchev–Trinajstić information content (AvgIpc) is 1.94. The zero-order valence-electron chi connectivity index (χ0n) is 8.34. The van der Waals surface area contributed by atoms with E-state index in [0.717, 1.165) is 25.4 Å². The Labute approximate surface area is 81.6 Å². The van der Waals surface area contributed by atoms with E-state index in [-0.39, 0.29) is 0 Å². The molecule has 0 saturated carbocycles. The van der Waals surface area contributed by atoms with Gasteiger partial charge in [-0.25, -0.2) is 0 Å². The molecule has 0 saturated heterocycles. The monoisotopic (exact) mass is 188 g/mol. The highest BCUT2D eigenvalue weighted by atomic mass is 32.1. The molecule has 0 radical (unpaired) electrons. The molecule has 0 aromatic carbocycles. The molecular weight excluding hydrogens is 168 g/mol. The van der Waals surface area contributed by atoms with Crippen LogP contribution in [0.5, 0.6) is 0 Å². The molecule has 0 unspecified atom stereocenters. The molecule has 1 nitrogen and oxygen atoms in total. The van der Waals surface area contributed by atoms with Gasteiger partial charge >= 0.3 is 0 Å². The standard InChI is InChI=1S/C10H20OS/c1-10(2,3)6-8-11-7-4-5-9-12/h4-5,12H,6-9H2,1-3H3. The Morgan fingerprint density at radius 3 is 2.42 bits per heavy atom. The quantitative estimate of drug-likeness (QED) is 0.396. The second-order valence-corrected chi connectivity index (χ2v) is 4.40. The Morgan fingerprint density at radius 2 is 1.92 bits per heavy atom. The van der Waals surface area contributed by atoms with E-state index in [0.29, 0.717) is 5.41 Å². The molecule has 0 aliphatic carbocycles. The smallest absolute Gasteiger partial charge is 0.0647 e. The fraction of sp³-hybridized carbons (Fsp3) is 0.800. The number of hydrogen-bond acceptors (Lipinski definition) is 2. The van der Waals surface area contributed by atoms with Crippen LogP contribution in [-0.2, 0) is 4.74 Å². The second-order valence-electron chi connectivity index (χ2n) is 4.04. The van der Waals surface area contributed by atoms with Crippen molar-refractivity contribution >= 4 is 12.6 Å². The predicted molar refractivity (Wildman–Crippen MR) is 57.9 cm³/mol. The van der Waals surface area contributed by atoms with Gasteiger partial charge in [-0.3, -0.25) is 0 Å². The van der Waals surface area contributed by atoms with Crippen molar-refractivity contribution in [3.8, 4) is 0 Å². The minimum atomic E-state index is 0.382. The lowest BCUT2D eigenvalue weighted by molar-refractivity contribution is 0.131. The third-order valence-electron chi connectivity index (χ3n) is 1.48. The maximum atomic E-state index is 5.39. The van der Waals surface area contributed by atoms with Gasteiger partial charge in [-0.2, -0.15) is 12.6 Å². The zero-order valence-corrected chi connectivity index (χ0v) is 9.23. The summed E-state index contributed by atoms with van der Waals surface area (Å²) in [4.78, 5) is 0. The summed E-state index contributed by atoms with van der Waals surface area (Å²) in [5, 5.41) is 0. The Morgan fingerprint density at radius 1 is 1.25 bits per heavy atom. The first-order chi connectivity index (χ1) is 5.56. The molecule has 72 valence electrons. The van der Waals surface area contributed by atoms with E-state index in [2.05, 4.69) is 33.4 Å². The molecule has 0 atom stereocenters. The van der Waals surface area contributed by atoms with Gasteiger partial charge in [-0.05, 0) is 11.8 Å². The summed E-state index contributed by atoms with van der Waals surface area (Å²) in [7, 11) is 0. The van der Waals surface area contributed by atoms with Crippen LogP contribution >= 0.6 is 12.6 Å². The molecule has 0 spiro atoms. The van der Waals surface area contributed by atoms with Crippen molar-refractivity contribution in [2.75, 3.05) is 19.0 Å². The Bertz CT molecular complexity index is 124. The van der Waals surface area contributed by atoms with Crippen molar-refractivity contribution in [1.82, 2.24) is 0 Å². The molecule has 2 heteroatoms. The Kier molecular flexibility index (Phi) is 6.58.